The molecule has 0 radical (unpaired) electrons. The Labute approximate surface area is 109 Å². The van der Waals surface area contributed by atoms with E-state index in [2.05, 4.69) is 6.58 Å². The molecule has 0 amide bonds. The minimum absolute atomic E-state index is 0. The molecule has 0 aliphatic rings. The molecule has 0 aromatic carbocycles. The van der Waals surface area contributed by atoms with Crippen molar-refractivity contribution in [3.05, 3.63) is 12.2 Å². The quantitative estimate of drug-likeness (QED) is 0.459. The van der Waals surface area contributed by atoms with Gasteiger partial charge in [0.05, 0.1) is 12.8 Å². The van der Waals surface area contributed by atoms with Crippen LogP contribution in [0.25, 0.3) is 0 Å². The third-order valence-electron chi connectivity index (χ3n) is 0.918. The first kappa shape index (κ1) is 19.7. The van der Waals surface area contributed by atoms with Crippen LogP contribution in [0.1, 0.15) is 19.8 Å². The molecule has 7 heteroatoms. The van der Waals surface area contributed by atoms with E-state index in [9.17, 15) is 14.4 Å². The van der Waals surface area contributed by atoms with Crippen molar-refractivity contribution in [2.75, 3.05) is 0 Å². The van der Waals surface area contributed by atoms with Crippen molar-refractivity contribution in [3.63, 3.8) is 0 Å². The van der Waals surface area contributed by atoms with E-state index < -0.39 is 17.9 Å². The van der Waals surface area contributed by atoms with Crippen LogP contribution in [0.3, 0.4) is 0 Å². The van der Waals surface area contributed by atoms with Gasteiger partial charge in [-0.3, -0.25) is 9.59 Å². The summed E-state index contributed by atoms with van der Waals surface area (Å²) >= 11 is 0. The van der Waals surface area contributed by atoms with Gasteiger partial charge >= 0.3 is 47.5 Å². The van der Waals surface area contributed by atoms with Gasteiger partial charge in [0, 0.05) is 5.57 Å². The molecule has 3 N–H and O–H groups in total. The fraction of sp³-hybridized carbons (Fsp3) is 0.375. The van der Waals surface area contributed by atoms with E-state index in [1.165, 1.54) is 6.92 Å². The van der Waals surface area contributed by atoms with Gasteiger partial charge in [-0.25, -0.2) is 4.79 Å². The zero-order valence-corrected chi connectivity index (χ0v) is 7.69. The topological polar surface area (TPSA) is 112 Å². The average molecular weight is 228 g/mol. The molecule has 0 aromatic rings. The molecule has 82 valence electrons. The van der Waals surface area contributed by atoms with Crippen LogP contribution < -0.4 is 0 Å². The summed E-state index contributed by atoms with van der Waals surface area (Å²) in [5, 5.41) is 23.7. The summed E-state index contributed by atoms with van der Waals surface area (Å²) in [6.45, 7) is 4.60. The van der Waals surface area contributed by atoms with Crippen LogP contribution in [-0.4, -0.2) is 62.8 Å². The fourth-order valence-corrected chi connectivity index (χ4v) is 0.214. The number of aliphatic carboxylic acids is 3. The predicted octanol–water partition coefficient (Wildman–Crippen LogP) is -0.0656. The maximum absolute atomic E-state index is 9.64. The van der Waals surface area contributed by atoms with Crippen molar-refractivity contribution in [2.24, 2.45) is 0 Å². The molecule has 0 bridgehead atoms. The molecular formula is C8H13NaO6. The average Bonchev–Trinajstić information content (AvgIpc) is 2.01. The zero-order chi connectivity index (χ0) is 11.7. The van der Waals surface area contributed by atoms with Gasteiger partial charge in [0.15, 0.2) is 0 Å². The monoisotopic (exact) mass is 228 g/mol. The van der Waals surface area contributed by atoms with Crippen molar-refractivity contribution in [3.8, 4) is 0 Å². The van der Waals surface area contributed by atoms with E-state index in [1.54, 1.807) is 0 Å². The standard InChI is InChI=1S/C4H6O4.C4H6O2.Na.H/c5-3(6)1-2-4(7)8;1-3(2)4(5)6;;/h1-2H2,(H,5,6)(H,7,8);1H2,2H3,(H,5,6);;. The Hall–Kier alpha value is -0.850. The fourth-order valence-electron chi connectivity index (χ4n) is 0.214. The van der Waals surface area contributed by atoms with Crippen molar-refractivity contribution in [2.45, 2.75) is 19.8 Å². The van der Waals surface area contributed by atoms with Crippen LogP contribution in [0.2, 0.25) is 0 Å². The molecule has 0 aliphatic heterocycles. The maximum atomic E-state index is 9.64. The van der Waals surface area contributed by atoms with Crippen LogP contribution in [-0.2, 0) is 14.4 Å². The van der Waals surface area contributed by atoms with E-state index >= 15 is 0 Å². The Kier molecular flexibility index (Phi) is 14.7. The van der Waals surface area contributed by atoms with E-state index in [1.807, 2.05) is 0 Å². The van der Waals surface area contributed by atoms with Gasteiger partial charge in [-0.2, -0.15) is 0 Å². The second-order valence-electron chi connectivity index (χ2n) is 2.37. The Morgan fingerprint density at radius 1 is 1.00 bits per heavy atom. The number of rotatable bonds is 4. The first-order chi connectivity index (χ1) is 6.27. The van der Waals surface area contributed by atoms with E-state index in [4.69, 9.17) is 15.3 Å². The Bertz CT molecular complexity index is 222. The Balaban J connectivity index is -0.000000187. The second-order valence-corrected chi connectivity index (χ2v) is 2.37. The molecule has 0 atom stereocenters. The van der Waals surface area contributed by atoms with Crippen molar-refractivity contribution in [1.82, 2.24) is 0 Å². The van der Waals surface area contributed by atoms with Crippen molar-refractivity contribution in [1.29, 1.82) is 0 Å². The predicted molar refractivity (Wildman–Crippen MR) is 54.1 cm³/mol. The molecule has 0 heterocycles. The Morgan fingerprint density at radius 2 is 1.20 bits per heavy atom. The first-order valence-electron chi connectivity index (χ1n) is 3.59. The number of carboxylic acid groups (broad SMARTS) is 3. The molecule has 15 heavy (non-hydrogen) atoms. The summed E-state index contributed by atoms with van der Waals surface area (Å²) in [4.78, 5) is 28.9. The molecule has 0 aliphatic carbocycles. The summed E-state index contributed by atoms with van der Waals surface area (Å²) in [5.74, 6) is -3.09. The molecule has 6 nitrogen and oxygen atoms in total. The van der Waals surface area contributed by atoms with Crippen LogP contribution in [0.15, 0.2) is 12.2 Å². The number of carbonyl (C=O) groups is 3. The molecule has 0 spiro atoms. The van der Waals surface area contributed by atoms with Crippen molar-refractivity contribution < 1.29 is 29.7 Å². The first-order valence-corrected chi connectivity index (χ1v) is 3.59. The summed E-state index contributed by atoms with van der Waals surface area (Å²) in [6.07, 6.45) is -0.593. The molecule has 0 unspecified atom stereocenters. The molecule has 0 rings (SSSR count). The Morgan fingerprint density at radius 3 is 1.27 bits per heavy atom. The van der Waals surface area contributed by atoms with Gasteiger partial charge in [0.2, 0.25) is 0 Å². The van der Waals surface area contributed by atoms with Crippen LogP contribution in [0.4, 0.5) is 0 Å². The van der Waals surface area contributed by atoms with Gasteiger partial charge in [0.25, 0.3) is 0 Å². The van der Waals surface area contributed by atoms with Gasteiger partial charge in [-0.1, -0.05) is 6.58 Å². The third-order valence-corrected chi connectivity index (χ3v) is 0.918. The molecule has 0 aromatic heterocycles. The van der Waals surface area contributed by atoms with Crippen molar-refractivity contribution >= 4 is 47.5 Å². The third kappa shape index (κ3) is 24.6. The van der Waals surface area contributed by atoms with E-state index in [0.717, 1.165) is 0 Å². The van der Waals surface area contributed by atoms with Crippen LogP contribution in [0, 0.1) is 0 Å². The molecular weight excluding hydrogens is 215 g/mol. The van der Waals surface area contributed by atoms with Gasteiger partial charge in [0.1, 0.15) is 0 Å². The molecule has 0 saturated heterocycles. The van der Waals surface area contributed by atoms with Gasteiger partial charge in [-0.15, -0.1) is 0 Å². The van der Waals surface area contributed by atoms with Crippen LogP contribution in [0.5, 0.6) is 0 Å². The van der Waals surface area contributed by atoms with Gasteiger partial charge < -0.3 is 15.3 Å². The second kappa shape index (κ2) is 11.2. The summed E-state index contributed by atoms with van der Waals surface area (Å²) in [7, 11) is 0. The molecule has 0 saturated carbocycles. The number of hydrogen-bond acceptors (Lipinski definition) is 3. The minimum atomic E-state index is -1.08. The zero-order valence-electron chi connectivity index (χ0n) is 7.69. The van der Waals surface area contributed by atoms with E-state index in [0.29, 0.717) is 0 Å². The van der Waals surface area contributed by atoms with E-state index in [-0.39, 0.29) is 48.0 Å². The SMILES string of the molecule is C=C(C)C(=O)O.O=C(O)CCC(=O)O.[NaH]. The summed E-state index contributed by atoms with van der Waals surface area (Å²) < 4.78 is 0. The normalized spacial score (nSPS) is 7.53. The number of hydrogen-bond donors (Lipinski definition) is 3. The summed E-state index contributed by atoms with van der Waals surface area (Å²) in [5.41, 5.74) is 0.176. The summed E-state index contributed by atoms with van der Waals surface area (Å²) in [6, 6.07) is 0. The molecule has 0 fully saturated rings. The van der Waals surface area contributed by atoms with Gasteiger partial charge in [-0.05, 0) is 6.92 Å². The number of carboxylic acids is 3. The van der Waals surface area contributed by atoms with Crippen LogP contribution >= 0.6 is 0 Å².